The average Bonchev–Trinajstić information content (AvgIpc) is 2.72. The lowest BCUT2D eigenvalue weighted by Crippen LogP contribution is -2.32. The van der Waals surface area contributed by atoms with Gasteiger partial charge in [-0.05, 0) is 43.4 Å². The summed E-state index contributed by atoms with van der Waals surface area (Å²) in [6, 6.07) is 1.00. The Bertz CT molecular complexity index is 267. The van der Waals surface area contributed by atoms with Crippen LogP contribution in [0.5, 0.6) is 0 Å². The summed E-state index contributed by atoms with van der Waals surface area (Å²) >= 11 is 0. The number of likely N-dealkylation sites (tertiary alicyclic amines) is 2. The van der Waals surface area contributed by atoms with Gasteiger partial charge in [0.15, 0.2) is 0 Å². The van der Waals surface area contributed by atoms with Gasteiger partial charge in [-0.25, -0.2) is 0 Å². The summed E-state index contributed by atoms with van der Waals surface area (Å²) in [7, 11) is 0. The molecular weight excluding hydrogens is 208 g/mol. The Morgan fingerprint density at radius 1 is 0.765 bits per heavy atom. The van der Waals surface area contributed by atoms with Crippen molar-refractivity contribution >= 4 is 0 Å². The van der Waals surface area contributed by atoms with E-state index in [9.17, 15) is 0 Å². The molecule has 17 heavy (non-hydrogen) atoms. The fourth-order valence-corrected chi connectivity index (χ4v) is 4.57. The average molecular weight is 234 g/mol. The molecular formula is C15H26N2. The molecule has 0 aromatic heterocycles. The van der Waals surface area contributed by atoms with E-state index >= 15 is 0 Å². The molecule has 0 bridgehead atoms. The van der Waals surface area contributed by atoms with E-state index in [1.165, 1.54) is 71.2 Å². The summed E-state index contributed by atoms with van der Waals surface area (Å²) in [5, 5.41) is 0. The maximum absolute atomic E-state index is 2.80. The number of hydrogen-bond acceptors (Lipinski definition) is 2. The maximum Gasteiger partial charge on any atom is 0.00966 e. The molecule has 0 radical (unpaired) electrons. The first-order valence-electron chi connectivity index (χ1n) is 7.85. The molecule has 2 heteroatoms. The van der Waals surface area contributed by atoms with Crippen molar-refractivity contribution < 1.29 is 0 Å². The Morgan fingerprint density at radius 3 is 2.00 bits per heavy atom. The summed E-state index contributed by atoms with van der Waals surface area (Å²) in [4.78, 5) is 5.60. The summed E-state index contributed by atoms with van der Waals surface area (Å²) in [5.74, 6) is 3.10. The molecule has 2 atom stereocenters. The molecule has 2 aliphatic carbocycles. The lowest BCUT2D eigenvalue weighted by Gasteiger charge is -2.23. The molecule has 2 unspecified atom stereocenters. The van der Waals surface area contributed by atoms with E-state index in [-0.39, 0.29) is 0 Å². The molecule has 4 aliphatic rings. The third-order valence-electron chi connectivity index (χ3n) is 5.64. The van der Waals surface area contributed by atoms with Crippen LogP contribution in [-0.4, -0.2) is 48.6 Å². The lowest BCUT2D eigenvalue weighted by molar-refractivity contribution is 0.226. The van der Waals surface area contributed by atoms with Crippen molar-refractivity contribution in [1.29, 1.82) is 0 Å². The van der Waals surface area contributed by atoms with Crippen LogP contribution in [0.15, 0.2) is 0 Å². The van der Waals surface area contributed by atoms with Crippen LogP contribution >= 0.6 is 0 Å². The van der Waals surface area contributed by atoms with Gasteiger partial charge < -0.3 is 4.90 Å². The van der Waals surface area contributed by atoms with Crippen molar-refractivity contribution in [1.82, 2.24) is 9.80 Å². The van der Waals surface area contributed by atoms with Crippen LogP contribution < -0.4 is 0 Å². The highest BCUT2D eigenvalue weighted by Crippen LogP contribution is 2.38. The minimum atomic E-state index is 1.00. The molecule has 0 N–H and O–H groups in total. The molecule has 0 aromatic carbocycles. The molecule has 2 saturated carbocycles. The number of fused-ring (bicyclic) bond motifs is 1. The van der Waals surface area contributed by atoms with Crippen LogP contribution in [0.1, 0.15) is 38.5 Å². The van der Waals surface area contributed by atoms with Gasteiger partial charge in [0.05, 0.1) is 0 Å². The van der Waals surface area contributed by atoms with Crippen LogP contribution in [0.25, 0.3) is 0 Å². The van der Waals surface area contributed by atoms with E-state index in [1.807, 2.05) is 0 Å². The standard InChI is InChI=1S/C15H26N2/c1-2-4-12(3-1)7-16-8-13-10-17(15-5-6-15)11-14(13)9-16/h12-15H,1-11H2. The van der Waals surface area contributed by atoms with E-state index in [1.54, 1.807) is 0 Å². The summed E-state index contributed by atoms with van der Waals surface area (Å²) < 4.78 is 0. The van der Waals surface area contributed by atoms with Gasteiger partial charge in [-0.15, -0.1) is 0 Å². The van der Waals surface area contributed by atoms with Gasteiger partial charge in [-0.3, -0.25) is 4.90 Å². The number of nitrogens with zero attached hydrogens (tertiary/aromatic N) is 2. The van der Waals surface area contributed by atoms with Crippen LogP contribution in [0.4, 0.5) is 0 Å². The van der Waals surface area contributed by atoms with Gasteiger partial charge in [-0.2, -0.15) is 0 Å². The summed E-state index contributed by atoms with van der Waals surface area (Å²) in [6.07, 6.45) is 9.01. The smallest absolute Gasteiger partial charge is 0.00966 e. The largest absolute Gasteiger partial charge is 0.302 e. The van der Waals surface area contributed by atoms with Gasteiger partial charge in [-0.1, -0.05) is 12.8 Å². The first kappa shape index (κ1) is 10.8. The normalized spacial score (nSPS) is 40.2. The van der Waals surface area contributed by atoms with E-state index in [2.05, 4.69) is 9.80 Å². The van der Waals surface area contributed by atoms with Crippen molar-refractivity contribution in [2.75, 3.05) is 32.7 Å². The Labute approximate surface area is 105 Å². The van der Waals surface area contributed by atoms with Crippen LogP contribution in [0.2, 0.25) is 0 Å². The molecule has 0 spiro atoms. The van der Waals surface area contributed by atoms with Gasteiger partial charge in [0.25, 0.3) is 0 Å². The van der Waals surface area contributed by atoms with Crippen molar-refractivity contribution in [3.63, 3.8) is 0 Å². The number of rotatable bonds is 3. The maximum atomic E-state index is 2.80. The molecule has 0 aromatic rings. The highest BCUT2D eigenvalue weighted by Gasteiger charge is 2.44. The van der Waals surface area contributed by atoms with E-state index in [4.69, 9.17) is 0 Å². The minimum absolute atomic E-state index is 1.00. The summed E-state index contributed by atoms with van der Waals surface area (Å²) in [6.45, 7) is 7.12. The SMILES string of the molecule is C1CCC(CN2CC3CN(C4CC4)CC3C2)C1. The molecule has 4 fully saturated rings. The Balaban J connectivity index is 1.29. The second-order valence-corrected chi connectivity index (χ2v) is 7.07. The molecule has 2 nitrogen and oxygen atoms in total. The monoisotopic (exact) mass is 234 g/mol. The van der Waals surface area contributed by atoms with Crippen molar-refractivity contribution in [3.8, 4) is 0 Å². The topological polar surface area (TPSA) is 6.48 Å². The highest BCUT2D eigenvalue weighted by atomic mass is 15.3. The van der Waals surface area contributed by atoms with Gasteiger partial charge in [0.2, 0.25) is 0 Å². The Hall–Kier alpha value is -0.0800. The molecule has 96 valence electrons. The lowest BCUT2D eigenvalue weighted by atomic mass is 10.0. The molecule has 0 amide bonds. The first-order valence-corrected chi connectivity index (χ1v) is 7.85. The fourth-order valence-electron chi connectivity index (χ4n) is 4.57. The van der Waals surface area contributed by atoms with Crippen LogP contribution in [-0.2, 0) is 0 Å². The second kappa shape index (κ2) is 4.24. The van der Waals surface area contributed by atoms with Crippen molar-refractivity contribution in [3.05, 3.63) is 0 Å². The quantitative estimate of drug-likeness (QED) is 0.738. The van der Waals surface area contributed by atoms with E-state index in [0.717, 1.165) is 23.8 Å². The van der Waals surface area contributed by atoms with Crippen molar-refractivity contribution in [2.24, 2.45) is 17.8 Å². The van der Waals surface area contributed by atoms with Gasteiger partial charge in [0, 0.05) is 38.8 Å². The molecule has 2 saturated heterocycles. The zero-order chi connectivity index (χ0) is 11.2. The van der Waals surface area contributed by atoms with E-state index in [0.29, 0.717) is 0 Å². The van der Waals surface area contributed by atoms with E-state index < -0.39 is 0 Å². The van der Waals surface area contributed by atoms with Crippen molar-refractivity contribution in [2.45, 2.75) is 44.6 Å². The van der Waals surface area contributed by atoms with Crippen LogP contribution in [0.3, 0.4) is 0 Å². The van der Waals surface area contributed by atoms with Gasteiger partial charge in [0.1, 0.15) is 0 Å². The zero-order valence-electron chi connectivity index (χ0n) is 11.0. The molecule has 4 rings (SSSR count). The molecule has 2 heterocycles. The number of hydrogen-bond donors (Lipinski definition) is 0. The predicted octanol–water partition coefficient (Wildman–Crippen LogP) is 2.20. The first-order chi connectivity index (χ1) is 8.38. The van der Waals surface area contributed by atoms with Gasteiger partial charge >= 0.3 is 0 Å². The highest BCUT2D eigenvalue weighted by molar-refractivity contribution is 4.98. The second-order valence-electron chi connectivity index (χ2n) is 7.07. The third kappa shape index (κ3) is 2.15. The molecule has 2 aliphatic heterocycles. The minimum Gasteiger partial charge on any atom is -0.302 e. The Morgan fingerprint density at radius 2 is 1.41 bits per heavy atom. The van der Waals surface area contributed by atoms with Crippen LogP contribution in [0, 0.1) is 17.8 Å². The zero-order valence-corrected chi connectivity index (χ0v) is 11.0. The third-order valence-corrected chi connectivity index (χ3v) is 5.64. The Kier molecular flexibility index (Phi) is 2.69. The summed E-state index contributed by atoms with van der Waals surface area (Å²) in [5.41, 5.74) is 0. The predicted molar refractivity (Wildman–Crippen MR) is 70.0 cm³/mol. The fraction of sp³-hybridized carbons (Fsp3) is 1.00.